The van der Waals surface area contributed by atoms with Crippen molar-refractivity contribution < 1.29 is 9.59 Å². The summed E-state index contributed by atoms with van der Waals surface area (Å²) >= 11 is 0. The number of carbonyl (C=O) groups excluding carboxylic acids is 2. The highest BCUT2D eigenvalue weighted by molar-refractivity contribution is 6.04. The fourth-order valence-electron chi connectivity index (χ4n) is 4.02. The third kappa shape index (κ3) is 3.66. The van der Waals surface area contributed by atoms with Crippen molar-refractivity contribution in [2.75, 3.05) is 11.9 Å². The van der Waals surface area contributed by atoms with E-state index in [1.165, 1.54) is 0 Å². The molecule has 7 heteroatoms. The van der Waals surface area contributed by atoms with Crippen LogP contribution in [0.15, 0.2) is 79.0 Å². The van der Waals surface area contributed by atoms with Gasteiger partial charge in [-0.1, -0.05) is 24.3 Å². The number of hydrogen-bond donors (Lipinski definition) is 1. The molecule has 1 aliphatic rings. The molecule has 0 bridgehead atoms. The third-order valence-electron chi connectivity index (χ3n) is 5.58. The highest BCUT2D eigenvalue weighted by atomic mass is 16.2. The minimum atomic E-state index is -0.182. The van der Waals surface area contributed by atoms with Crippen LogP contribution in [0.4, 0.5) is 5.69 Å². The number of benzene rings is 2. The molecule has 1 N–H and O–H groups in total. The number of nitrogens with one attached hydrogen (secondary N) is 1. The van der Waals surface area contributed by atoms with Gasteiger partial charge in [0.2, 0.25) is 0 Å². The largest absolute Gasteiger partial charge is 0.328 e. The topological polar surface area (TPSA) is 79.6 Å². The first-order valence-electron chi connectivity index (χ1n) is 10.3. The minimum Gasteiger partial charge on any atom is -0.328 e. The zero-order chi connectivity index (χ0) is 21.2. The van der Waals surface area contributed by atoms with Crippen molar-refractivity contribution in [2.24, 2.45) is 0 Å². The molecule has 2 aromatic carbocycles. The molecule has 0 aliphatic carbocycles. The maximum atomic E-state index is 13.2. The van der Waals surface area contributed by atoms with Gasteiger partial charge in [0.1, 0.15) is 0 Å². The lowest BCUT2D eigenvalue weighted by molar-refractivity contribution is 0.0729. The monoisotopic (exact) mass is 411 g/mol. The second kappa shape index (κ2) is 8.02. The van der Waals surface area contributed by atoms with Gasteiger partial charge in [0, 0.05) is 29.6 Å². The van der Waals surface area contributed by atoms with Gasteiger partial charge < -0.3 is 10.2 Å². The SMILES string of the molecule is O=C(Nc1ccc(C(=O)N2CCC[C@H]2c2nnc3ccccn23)cc1)c1ccccc1. The van der Waals surface area contributed by atoms with Gasteiger partial charge in [-0.25, -0.2) is 0 Å². The van der Waals surface area contributed by atoms with Crippen molar-refractivity contribution in [3.8, 4) is 0 Å². The Morgan fingerprint density at radius 1 is 0.871 bits per heavy atom. The van der Waals surface area contributed by atoms with Crippen LogP contribution in [-0.4, -0.2) is 37.9 Å². The van der Waals surface area contributed by atoms with E-state index in [0.717, 1.165) is 24.3 Å². The normalized spacial score (nSPS) is 15.9. The number of hydrogen-bond acceptors (Lipinski definition) is 4. The second-order valence-electron chi connectivity index (χ2n) is 7.54. The van der Waals surface area contributed by atoms with Gasteiger partial charge in [-0.2, -0.15) is 0 Å². The van der Waals surface area contributed by atoms with Gasteiger partial charge in [-0.3, -0.25) is 14.0 Å². The van der Waals surface area contributed by atoms with E-state index in [9.17, 15) is 9.59 Å². The number of fused-ring (bicyclic) bond motifs is 1. The van der Waals surface area contributed by atoms with E-state index in [4.69, 9.17) is 0 Å². The first kappa shape index (κ1) is 19.0. The number of anilines is 1. The number of amides is 2. The molecule has 1 saturated heterocycles. The molecular weight excluding hydrogens is 390 g/mol. The van der Waals surface area contributed by atoms with E-state index >= 15 is 0 Å². The Hall–Kier alpha value is -4.00. The molecule has 0 spiro atoms. The lowest BCUT2D eigenvalue weighted by atomic mass is 10.1. The van der Waals surface area contributed by atoms with E-state index in [2.05, 4.69) is 15.5 Å². The predicted octanol–water partition coefficient (Wildman–Crippen LogP) is 3.96. The lowest BCUT2D eigenvalue weighted by Crippen LogP contribution is -2.31. The van der Waals surface area contributed by atoms with Crippen LogP contribution in [0.25, 0.3) is 5.65 Å². The number of pyridine rings is 1. The minimum absolute atomic E-state index is 0.0453. The number of aromatic nitrogens is 3. The molecule has 4 aromatic rings. The maximum Gasteiger partial charge on any atom is 0.255 e. The van der Waals surface area contributed by atoms with E-state index in [0.29, 0.717) is 23.4 Å². The molecule has 31 heavy (non-hydrogen) atoms. The van der Waals surface area contributed by atoms with Gasteiger partial charge in [0.15, 0.2) is 11.5 Å². The van der Waals surface area contributed by atoms with Gasteiger partial charge in [-0.05, 0) is 61.4 Å². The third-order valence-corrected chi connectivity index (χ3v) is 5.58. The summed E-state index contributed by atoms with van der Waals surface area (Å²) in [5.74, 6) is 0.558. The van der Waals surface area contributed by atoms with Crippen LogP contribution < -0.4 is 5.32 Å². The van der Waals surface area contributed by atoms with Crippen molar-refractivity contribution in [1.29, 1.82) is 0 Å². The number of likely N-dealkylation sites (tertiary alicyclic amines) is 1. The molecule has 0 unspecified atom stereocenters. The summed E-state index contributed by atoms with van der Waals surface area (Å²) in [6, 6.07) is 21.7. The average Bonchev–Trinajstić information content (AvgIpc) is 3.46. The fourth-order valence-corrected chi connectivity index (χ4v) is 4.02. The Balaban J connectivity index is 1.33. The molecular formula is C24H21N5O2. The van der Waals surface area contributed by atoms with Crippen molar-refractivity contribution in [2.45, 2.75) is 18.9 Å². The van der Waals surface area contributed by atoms with E-state index in [-0.39, 0.29) is 17.9 Å². The Bertz CT molecular complexity index is 1230. The van der Waals surface area contributed by atoms with Crippen LogP contribution in [0.1, 0.15) is 45.4 Å². The molecule has 2 amide bonds. The zero-order valence-electron chi connectivity index (χ0n) is 16.8. The summed E-state index contributed by atoms with van der Waals surface area (Å²) in [4.78, 5) is 27.4. The molecule has 1 atom stereocenters. The smallest absolute Gasteiger partial charge is 0.255 e. The van der Waals surface area contributed by atoms with Gasteiger partial charge in [-0.15, -0.1) is 10.2 Å². The van der Waals surface area contributed by atoms with Crippen LogP contribution in [0.5, 0.6) is 0 Å². The Kier molecular flexibility index (Phi) is 4.92. The van der Waals surface area contributed by atoms with Crippen LogP contribution in [0.3, 0.4) is 0 Å². The van der Waals surface area contributed by atoms with Crippen LogP contribution in [0.2, 0.25) is 0 Å². The summed E-state index contributed by atoms with van der Waals surface area (Å²) in [6.45, 7) is 0.678. The first-order chi connectivity index (χ1) is 15.2. The van der Waals surface area contributed by atoms with Crippen LogP contribution in [-0.2, 0) is 0 Å². The van der Waals surface area contributed by atoms with E-state index < -0.39 is 0 Å². The van der Waals surface area contributed by atoms with Crippen molar-refractivity contribution in [3.05, 3.63) is 95.9 Å². The second-order valence-corrected chi connectivity index (χ2v) is 7.54. The number of nitrogens with zero attached hydrogens (tertiary/aromatic N) is 4. The molecule has 7 nitrogen and oxygen atoms in total. The lowest BCUT2D eigenvalue weighted by Gasteiger charge is -2.23. The summed E-state index contributed by atoms with van der Waals surface area (Å²) in [5, 5.41) is 11.4. The standard InChI is InChI=1S/C24H21N5O2/c30-23(17-7-2-1-3-8-17)25-19-13-11-18(12-14-19)24(31)28-16-6-9-20(28)22-27-26-21-10-4-5-15-29(21)22/h1-5,7-8,10-15,20H,6,9,16H2,(H,25,30)/t20-/m0/s1. The van der Waals surface area contributed by atoms with E-state index in [1.807, 2.05) is 51.9 Å². The molecule has 2 aromatic heterocycles. The quantitative estimate of drug-likeness (QED) is 0.551. The van der Waals surface area contributed by atoms with Crippen molar-refractivity contribution in [3.63, 3.8) is 0 Å². The highest BCUT2D eigenvalue weighted by Gasteiger charge is 2.33. The average molecular weight is 411 g/mol. The molecule has 0 radical (unpaired) electrons. The Morgan fingerprint density at radius 2 is 1.65 bits per heavy atom. The summed E-state index contributed by atoms with van der Waals surface area (Å²) in [5.41, 5.74) is 2.59. The van der Waals surface area contributed by atoms with Crippen LogP contribution in [0, 0.1) is 0 Å². The Labute approximate surface area is 179 Å². The number of rotatable bonds is 4. The first-order valence-corrected chi connectivity index (χ1v) is 10.3. The number of carbonyl (C=O) groups is 2. The molecule has 1 fully saturated rings. The van der Waals surface area contributed by atoms with E-state index in [1.54, 1.807) is 36.4 Å². The predicted molar refractivity (Wildman–Crippen MR) is 117 cm³/mol. The van der Waals surface area contributed by atoms with Gasteiger partial charge in [0.05, 0.1) is 6.04 Å². The molecule has 1 aliphatic heterocycles. The molecule has 3 heterocycles. The summed E-state index contributed by atoms with van der Waals surface area (Å²) in [7, 11) is 0. The van der Waals surface area contributed by atoms with Gasteiger partial charge >= 0.3 is 0 Å². The van der Waals surface area contributed by atoms with Gasteiger partial charge in [0.25, 0.3) is 11.8 Å². The molecule has 0 saturated carbocycles. The van der Waals surface area contributed by atoms with Crippen molar-refractivity contribution >= 4 is 23.1 Å². The maximum absolute atomic E-state index is 13.2. The highest BCUT2D eigenvalue weighted by Crippen LogP contribution is 2.32. The molecule has 154 valence electrons. The fraction of sp³-hybridized carbons (Fsp3) is 0.167. The van der Waals surface area contributed by atoms with Crippen LogP contribution >= 0.6 is 0 Å². The summed E-state index contributed by atoms with van der Waals surface area (Å²) < 4.78 is 1.94. The Morgan fingerprint density at radius 3 is 2.45 bits per heavy atom. The van der Waals surface area contributed by atoms with Crippen molar-refractivity contribution in [1.82, 2.24) is 19.5 Å². The molecule has 5 rings (SSSR count). The summed E-state index contributed by atoms with van der Waals surface area (Å²) in [6.07, 6.45) is 3.70. The zero-order valence-corrected chi connectivity index (χ0v) is 16.8.